The standard InChI is InChI=1S/C14H20O4/c1-9-6-11(16-5)12(7-10(9)15-4)18-14(2,3)13-8-17-13/h6-7,13H,8H2,1-5H3/t13-/m0/s1. The predicted octanol–water partition coefficient (Wildman–Crippen LogP) is 2.57. The topological polar surface area (TPSA) is 40.2 Å². The minimum absolute atomic E-state index is 0.148. The Balaban J connectivity index is 2.30. The van der Waals surface area contributed by atoms with Gasteiger partial charge in [-0.25, -0.2) is 0 Å². The molecule has 0 bridgehead atoms. The summed E-state index contributed by atoms with van der Waals surface area (Å²) in [4.78, 5) is 0. The second kappa shape index (κ2) is 4.69. The third-order valence-corrected chi connectivity index (χ3v) is 3.16. The SMILES string of the molecule is COc1cc(OC(C)(C)[C@@H]2CO2)c(OC)cc1C. The van der Waals surface area contributed by atoms with Crippen molar-refractivity contribution in [3.05, 3.63) is 17.7 Å². The van der Waals surface area contributed by atoms with Crippen molar-refractivity contribution in [2.45, 2.75) is 32.5 Å². The van der Waals surface area contributed by atoms with Gasteiger partial charge in [0, 0.05) is 6.07 Å². The van der Waals surface area contributed by atoms with Crippen LogP contribution in [0.5, 0.6) is 17.2 Å². The van der Waals surface area contributed by atoms with Crippen molar-refractivity contribution in [1.82, 2.24) is 0 Å². The van der Waals surface area contributed by atoms with Crippen molar-refractivity contribution >= 4 is 0 Å². The molecule has 0 N–H and O–H groups in total. The zero-order valence-corrected chi connectivity index (χ0v) is 11.6. The van der Waals surface area contributed by atoms with Gasteiger partial charge in [-0.2, -0.15) is 0 Å². The van der Waals surface area contributed by atoms with Crippen LogP contribution in [-0.4, -0.2) is 32.5 Å². The maximum Gasteiger partial charge on any atom is 0.165 e. The van der Waals surface area contributed by atoms with Gasteiger partial charge in [-0.1, -0.05) is 0 Å². The summed E-state index contributed by atoms with van der Waals surface area (Å²) in [6.07, 6.45) is 0.148. The summed E-state index contributed by atoms with van der Waals surface area (Å²) >= 11 is 0. The van der Waals surface area contributed by atoms with Crippen LogP contribution in [0.15, 0.2) is 12.1 Å². The van der Waals surface area contributed by atoms with E-state index in [-0.39, 0.29) is 11.7 Å². The molecule has 0 saturated carbocycles. The van der Waals surface area contributed by atoms with Gasteiger partial charge in [-0.15, -0.1) is 0 Å². The highest BCUT2D eigenvalue weighted by Gasteiger charge is 2.42. The summed E-state index contributed by atoms with van der Waals surface area (Å²) < 4.78 is 22.0. The third kappa shape index (κ3) is 2.53. The lowest BCUT2D eigenvalue weighted by molar-refractivity contribution is 0.0709. The Morgan fingerprint density at radius 2 is 1.72 bits per heavy atom. The number of methoxy groups -OCH3 is 2. The molecular weight excluding hydrogens is 232 g/mol. The van der Waals surface area contributed by atoms with E-state index in [0.29, 0.717) is 11.5 Å². The van der Waals surface area contributed by atoms with Gasteiger partial charge < -0.3 is 18.9 Å². The van der Waals surface area contributed by atoms with E-state index in [0.717, 1.165) is 17.9 Å². The molecule has 0 amide bonds. The largest absolute Gasteiger partial charge is 0.496 e. The van der Waals surface area contributed by atoms with Gasteiger partial charge in [0.1, 0.15) is 17.5 Å². The van der Waals surface area contributed by atoms with Crippen LogP contribution >= 0.6 is 0 Å². The van der Waals surface area contributed by atoms with Crippen LogP contribution in [0.25, 0.3) is 0 Å². The van der Waals surface area contributed by atoms with Crippen molar-refractivity contribution < 1.29 is 18.9 Å². The monoisotopic (exact) mass is 252 g/mol. The summed E-state index contributed by atoms with van der Waals surface area (Å²) in [6.45, 7) is 6.74. The predicted molar refractivity (Wildman–Crippen MR) is 68.7 cm³/mol. The first-order chi connectivity index (χ1) is 8.47. The van der Waals surface area contributed by atoms with Gasteiger partial charge in [-0.05, 0) is 32.4 Å². The highest BCUT2D eigenvalue weighted by molar-refractivity contribution is 5.50. The summed E-state index contributed by atoms with van der Waals surface area (Å²) in [5, 5.41) is 0. The maximum atomic E-state index is 6.02. The fourth-order valence-corrected chi connectivity index (χ4v) is 1.90. The minimum atomic E-state index is -0.368. The molecule has 0 radical (unpaired) electrons. The molecule has 18 heavy (non-hydrogen) atoms. The number of ether oxygens (including phenoxy) is 4. The van der Waals surface area contributed by atoms with Crippen LogP contribution in [-0.2, 0) is 4.74 Å². The van der Waals surface area contributed by atoms with E-state index in [1.165, 1.54) is 0 Å². The molecule has 2 rings (SSSR count). The number of epoxide rings is 1. The van der Waals surface area contributed by atoms with E-state index < -0.39 is 0 Å². The molecule has 0 spiro atoms. The molecule has 4 nitrogen and oxygen atoms in total. The number of hydrogen-bond acceptors (Lipinski definition) is 4. The van der Waals surface area contributed by atoms with Crippen molar-refractivity contribution in [2.24, 2.45) is 0 Å². The van der Waals surface area contributed by atoms with E-state index in [9.17, 15) is 0 Å². The minimum Gasteiger partial charge on any atom is -0.496 e. The molecule has 1 saturated heterocycles. The molecule has 1 aromatic carbocycles. The Kier molecular flexibility index (Phi) is 3.39. The first-order valence-corrected chi connectivity index (χ1v) is 6.01. The fourth-order valence-electron chi connectivity index (χ4n) is 1.90. The van der Waals surface area contributed by atoms with Gasteiger partial charge in [0.2, 0.25) is 0 Å². The van der Waals surface area contributed by atoms with Crippen molar-refractivity contribution in [1.29, 1.82) is 0 Å². The molecule has 1 atom stereocenters. The van der Waals surface area contributed by atoms with Crippen molar-refractivity contribution in [3.63, 3.8) is 0 Å². The van der Waals surface area contributed by atoms with E-state index in [2.05, 4.69) is 0 Å². The summed E-state index contributed by atoms with van der Waals surface area (Å²) in [6, 6.07) is 3.77. The average molecular weight is 252 g/mol. The molecular formula is C14H20O4. The van der Waals surface area contributed by atoms with Crippen LogP contribution in [0.3, 0.4) is 0 Å². The summed E-state index contributed by atoms with van der Waals surface area (Å²) in [5.74, 6) is 2.18. The highest BCUT2D eigenvalue weighted by Crippen LogP contribution is 2.38. The van der Waals surface area contributed by atoms with Gasteiger partial charge in [0.15, 0.2) is 11.5 Å². The molecule has 100 valence electrons. The molecule has 4 heteroatoms. The van der Waals surface area contributed by atoms with E-state index in [1.807, 2.05) is 32.9 Å². The Labute approximate surface area is 108 Å². The first kappa shape index (κ1) is 13.0. The average Bonchev–Trinajstić information content (AvgIpc) is 3.14. The maximum absolute atomic E-state index is 6.02. The molecule has 1 aliphatic heterocycles. The normalized spacial score (nSPS) is 18.4. The number of aryl methyl sites for hydroxylation is 1. The molecule has 0 unspecified atom stereocenters. The summed E-state index contributed by atoms with van der Waals surface area (Å²) in [5.41, 5.74) is 0.648. The van der Waals surface area contributed by atoms with Gasteiger partial charge in [-0.3, -0.25) is 0 Å². The fraction of sp³-hybridized carbons (Fsp3) is 0.571. The van der Waals surface area contributed by atoms with E-state index >= 15 is 0 Å². The molecule has 1 aromatic rings. The molecule has 1 fully saturated rings. The van der Waals surface area contributed by atoms with Gasteiger partial charge in [0.25, 0.3) is 0 Å². The molecule has 1 aliphatic rings. The van der Waals surface area contributed by atoms with Crippen LogP contribution in [0, 0.1) is 6.92 Å². The lowest BCUT2D eigenvalue weighted by Gasteiger charge is -2.26. The Bertz CT molecular complexity index is 436. The van der Waals surface area contributed by atoms with Crippen LogP contribution in [0.1, 0.15) is 19.4 Å². The van der Waals surface area contributed by atoms with Gasteiger partial charge >= 0.3 is 0 Å². The zero-order chi connectivity index (χ0) is 13.3. The highest BCUT2D eigenvalue weighted by atomic mass is 16.6. The lowest BCUT2D eigenvalue weighted by atomic mass is 10.1. The van der Waals surface area contributed by atoms with E-state index in [4.69, 9.17) is 18.9 Å². The number of benzene rings is 1. The molecule has 0 aliphatic carbocycles. The van der Waals surface area contributed by atoms with Crippen molar-refractivity contribution in [3.8, 4) is 17.2 Å². The zero-order valence-electron chi connectivity index (χ0n) is 11.6. The van der Waals surface area contributed by atoms with Crippen molar-refractivity contribution in [2.75, 3.05) is 20.8 Å². The second-order valence-electron chi connectivity index (χ2n) is 5.00. The number of hydrogen-bond donors (Lipinski definition) is 0. The smallest absolute Gasteiger partial charge is 0.165 e. The van der Waals surface area contributed by atoms with Crippen LogP contribution in [0.4, 0.5) is 0 Å². The molecule has 0 aromatic heterocycles. The Morgan fingerprint density at radius 1 is 1.11 bits per heavy atom. The lowest BCUT2D eigenvalue weighted by Crippen LogP contribution is -2.34. The molecule has 1 heterocycles. The van der Waals surface area contributed by atoms with Crippen LogP contribution < -0.4 is 14.2 Å². The quantitative estimate of drug-likeness (QED) is 0.755. The Morgan fingerprint density at radius 3 is 2.22 bits per heavy atom. The number of rotatable bonds is 5. The first-order valence-electron chi connectivity index (χ1n) is 6.01. The second-order valence-corrected chi connectivity index (χ2v) is 5.00. The van der Waals surface area contributed by atoms with Crippen LogP contribution in [0.2, 0.25) is 0 Å². The Hall–Kier alpha value is -1.42. The summed E-state index contributed by atoms with van der Waals surface area (Å²) in [7, 11) is 3.28. The van der Waals surface area contributed by atoms with E-state index in [1.54, 1.807) is 14.2 Å². The van der Waals surface area contributed by atoms with Gasteiger partial charge in [0.05, 0.1) is 20.8 Å². The third-order valence-electron chi connectivity index (χ3n) is 3.16.